The minimum Gasteiger partial charge on any atom is -0.308 e. The smallest absolute Gasteiger partial charge is 0.0424 e. The van der Waals surface area contributed by atoms with E-state index in [9.17, 15) is 0 Å². The molecule has 1 nitrogen and oxygen atoms in total. The maximum atomic E-state index is 6.03. The van der Waals surface area contributed by atoms with Gasteiger partial charge in [0.15, 0.2) is 0 Å². The first kappa shape index (κ1) is 16.4. The molecule has 0 atom stereocenters. The maximum absolute atomic E-state index is 6.03. The number of nitrogens with one attached hydrogen (secondary N) is 1. The highest BCUT2D eigenvalue weighted by Gasteiger charge is 2.16. The summed E-state index contributed by atoms with van der Waals surface area (Å²) in [5.74, 6) is 0. The van der Waals surface area contributed by atoms with Gasteiger partial charge in [0.25, 0.3) is 0 Å². The molecule has 0 heterocycles. The number of benzene rings is 2. The van der Waals surface area contributed by atoms with E-state index in [1.165, 1.54) is 5.56 Å². The van der Waals surface area contributed by atoms with Crippen LogP contribution in [0.3, 0.4) is 0 Å². The van der Waals surface area contributed by atoms with Crippen molar-refractivity contribution >= 4 is 23.2 Å². The summed E-state index contributed by atoms with van der Waals surface area (Å²) >= 11 is 12.1. The lowest BCUT2D eigenvalue weighted by atomic mass is 9.95. The van der Waals surface area contributed by atoms with Crippen molar-refractivity contribution in [3.05, 3.63) is 69.7 Å². The van der Waals surface area contributed by atoms with E-state index in [4.69, 9.17) is 23.2 Å². The molecule has 21 heavy (non-hydrogen) atoms. The molecule has 0 fully saturated rings. The molecular weight excluding hydrogens is 301 g/mol. The number of hydrogen-bond acceptors (Lipinski definition) is 1. The summed E-state index contributed by atoms with van der Waals surface area (Å²) in [6.45, 7) is 5.21. The van der Waals surface area contributed by atoms with Gasteiger partial charge in [-0.05, 0) is 56.0 Å². The Morgan fingerprint density at radius 3 is 2.14 bits per heavy atom. The van der Waals surface area contributed by atoms with Crippen LogP contribution in [-0.2, 0) is 13.0 Å². The molecule has 0 amide bonds. The minimum atomic E-state index is 0.0602. The van der Waals surface area contributed by atoms with Crippen LogP contribution in [0.5, 0.6) is 0 Å². The van der Waals surface area contributed by atoms with Crippen molar-refractivity contribution in [2.45, 2.75) is 38.8 Å². The van der Waals surface area contributed by atoms with Gasteiger partial charge < -0.3 is 5.32 Å². The highest BCUT2D eigenvalue weighted by atomic mass is 35.5. The first-order chi connectivity index (χ1) is 9.94. The Bertz CT molecular complexity index is 559. The fraction of sp³-hybridized carbons (Fsp3) is 0.333. The third-order valence-electron chi connectivity index (χ3n) is 3.57. The van der Waals surface area contributed by atoms with Crippen LogP contribution in [0.25, 0.3) is 0 Å². The lowest BCUT2D eigenvalue weighted by Crippen LogP contribution is -2.39. The van der Waals surface area contributed by atoms with Crippen LogP contribution >= 0.6 is 23.2 Å². The van der Waals surface area contributed by atoms with Gasteiger partial charge in [-0.1, -0.05) is 53.5 Å². The summed E-state index contributed by atoms with van der Waals surface area (Å²) in [5, 5.41) is 4.95. The zero-order valence-electron chi connectivity index (χ0n) is 12.5. The van der Waals surface area contributed by atoms with Gasteiger partial charge >= 0.3 is 0 Å². The molecule has 0 bridgehead atoms. The normalized spacial score (nSPS) is 11.6. The van der Waals surface area contributed by atoms with Crippen LogP contribution in [0.1, 0.15) is 31.4 Å². The second-order valence-electron chi connectivity index (χ2n) is 6.00. The predicted octanol–water partition coefficient (Wildman–Crippen LogP) is 5.49. The Hall–Kier alpha value is -1.02. The van der Waals surface area contributed by atoms with E-state index in [0.29, 0.717) is 10.0 Å². The maximum Gasteiger partial charge on any atom is 0.0424 e. The molecule has 0 spiro atoms. The van der Waals surface area contributed by atoms with Crippen molar-refractivity contribution in [3.8, 4) is 0 Å². The summed E-state index contributed by atoms with van der Waals surface area (Å²) in [7, 11) is 0. The van der Waals surface area contributed by atoms with Crippen molar-refractivity contribution in [1.29, 1.82) is 0 Å². The second-order valence-corrected chi connectivity index (χ2v) is 6.87. The number of halogens is 2. The third-order valence-corrected chi connectivity index (χ3v) is 4.01. The van der Waals surface area contributed by atoms with E-state index in [1.807, 2.05) is 12.1 Å². The first-order valence-corrected chi connectivity index (χ1v) is 7.94. The summed E-state index contributed by atoms with van der Waals surface area (Å²) < 4.78 is 0. The van der Waals surface area contributed by atoms with Gasteiger partial charge in [-0.2, -0.15) is 0 Å². The van der Waals surface area contributed by atoms with Gasteiger partial charge in [-0.25, -0.2) is 0 Å². The molecule has 0 aliphatic carbocycles. The van der Waals surface area contributed by atoms with Crippen LogP contribution in [0, 0.1) is 0 Å². The van der Waals surface area contributed by atoms with Crippen LogP contribution in [0.2, 0.25) is 10.0 Å². The Labute approximate surface area is 137 Å². The third kappa shape index (κ3) is 5.70. The van der Waals surface area contributed by atoms with E-state index in [2.05, 4.69) is 49.5 Å². The molecule has 0 aromatic heterocycles. The average Bonchev–Trinajstić information content (AvgIpc) is 2.44. The van der Waals surface area contributed by atoms with Crippen LogP contribution in [-0.4, -0.2) is 5.54 Å². The lowest BCUT2D eigenvalue weighted by molar-refractivity contribution is 0.360. The van der Waals surface area contributed by atoms with Crippen molar-refractivity contribution in [2.75, 3.05) is 0 Å². The summed E-state index contributed by atoms with van der Waals surface area (Å²) in [4.78, 5) is 0. The zero-order chi connectivity index (χ0) is 15.3. The predicted molar refractivity (Wildman–Crippen MR) is 92.1 cm³/mol. The van der Waals surface area contributed by atoms with E-state index in [-0.39, 0.29) is 5.54 Å². The molecule has 3 heteroatoms. The molecule has 112 valence electrons. The topological polar surface area (TPSA) is 12.0 Å². The average molecular weight is 322 g/mol. The molecule has 0 unspecified atom stereocenters. The fourth-order valence-electron chi connectivity index (χ4n) is 2.24. The van der Waals surface area contributed by atoms with Crippen molar-refractivity contribution < 1.29 is 0 Å². The Morgan fingerprint density at radius 2 is 1.52 bits per heavy atom. The van der Waals surface area contributed by atoms with Crippen molar-refractivity contribution in [2.24, 2.45) is 0 Å². The Kier molecular flexibility index (Phi) is 5.69. The molecule has 0 radical (unpaired) electrons. The molecule has 0 saturated carbocycles. The van der Waals surface area contributed by atoms with Crippen LogP contribution < -0.4 is 5.32 Å². The van der Waals surface area contributed by atoms with Gasteiger partial charge in [0.05, 0.1) is 0 Å². The second kappa shape index (κ2) is 7.31. The van der Waals surface area contributed by atoms with E-state index < -0.39 is 0 Å². The molecule has 2 aromatic carbocycles. The quantitative estimate of drug-likeness (QED) is 0.741. The molecule has 0 saturated heterocycles. The monoisotopic (exact) mass is 321 g/mol. The number of rotatable bonds is 6. The minimum absolute atomic E-state index is 0.0602. The van der Waals surface area contributed by atoms with Gasteiger partial charge in [-0.15, -0.1) is 0 Å². The van der Waals surface area contributed by atoms with Crippen LogP contribution in [0.4, 0.5) is 0 Å². The van der Waals surface area contributed by atoms with Crippen LogP contribution in [0.15, 0.2) is 48.5 Å². The van der Waals surface area contributed by atoms with E-state index in [1.54, 1.807) is 6.07 Å². The Balaban J connectivity index is 1.88. The largest absolute Gasteiger partial charge is 0.308 e. The van der Waals surface area contributed by atoms with Gasteiger partial charge in [0.2, 0.25) is 0 Å². The van der Waals surface area contributed by atoms with Crippen molar-refractivity contribution in [1.82, 2.24) is 5.32 Å². The van der Waals surface area contributed by atoms with Crippen molar-refractivity contribution in [3.63, 3.8) is 0 Å². The lowest BCUT2D eigenvalue weighted by Gasteiger charge is -2.26. The number of aryl methyl sites for hydroxylation is 1. The Morgan fingerprint density at radius 1 is 0.905 bits per heavy atom. The molecule has 1 N–H and O–H groups in total. The first-order valence-electron chi connectivity index (χ1n) is 7.18. The summed E-state index contributed by atoms with van der Waals surface area (Å²) in [6, 6.07) is 16.2. The fourth-order valence-corrected chi connectivity index (χ4v) is 2.82. The van der Waals surface area contributed by atoms with E-state index in [0.717, 1.165) is 24.9 Å². The zero-order valence-corrected chi connectivity index (χ0v) is 14.0. The summed E-state index contributed by atoms with van der Waals surface area (Å²) in [6.07, 6.45) is 2.14. The molecule has 2 aromatic rings. The SMILES string of the molecule is CC(C)(CCc1ccccc1)NCc1cc(Cl)cc(Cl)c1. The van der Waals surface area contributed by atoms with E-state index >= 15 is 0 Å². The van der Waals surface area contributed by atoms with Gasteiger partial charge in [-0.3, -0.25) is 0 Å². The van der Waals surface area contributed by atoms with Gasteiger partial charge in [0.1, 0.15) is 0 Å². The standard InChI is InChI=1S/C18H21Cl2N/c1-18(2,9-8-14-6-4-3-5-7-14)21-13-15-10-16(19)12-17(20)11-15/h3-7,10-12,21H,8-9,13H2,1-2H3. The highest BCUT2D eigenvalue weighted by Crippen LogP contribution is 2.20. The summed E-state index contributed by atoms with van der Waals surface area (Å²) in [5.41, 5.74) is 2.54. The molecule has 0 aliphatic rings. The highest BCUT2D eigenvalue weighted by molar-refractivity contribution is 6.34. The molecule has 0 aliphatic heterocycles. The molecular formula is C18H21Cl2N. The number of hydrogen-bond donors (Lipinski definition) is 1. The molecule has 2 rings (SSSR count). The van der Waals surface area contributed by atoms with Gasteiger partial charge in [0, 0.05) is 22.1 Å².